The molecular formula is C26H31N9O5. The van der Waals surface area contributed by atoms with Gasteiger partial charge in [-0.1, -0.05) is 18.2 Å². The highest BCUT2D eigenvalue weighted by molar-refractivity contribution is 5.95. The van der Waals surface area contributed by atoms with Crippen LogP contribution >= 0.6 is 0 Å². The second-order valence-electron chi connectivity index (χ2n) is 9.44. The summed E-state index contributed by atoms with van der Waals surface area (Å²) in [5.74, 6) is -3.15. The lowest BCUT2D eigenvalue weighted by molar-refractivity contribution is -0.142. The Bertz CT molecular complexity index is 1450. The number of nitrogens with two attached hydrogens (primary N) is 1. The smallest absolute Gasteiger partial charge is 0.326 e. The van der Waals surface area contributed by atoms with Crippen molar-refractivity contribution in [3.63, 3.8) is 0 Å². The highest BCUT2D eigenvalue weighted by Crippen LogP contribution is 2.19. The molecule has 40 heavy (non-hydrogen) atoms. The van der Waals surface area contributed by atoms with Gasteiger partial charge in [0.15, 0.2) is 0 Å². The first-order valence-corrected chi connectivity index (χ1v) is 12.6. The van der Waals surface area contributed by atoms with Crippen LogP contribution in [0.5, 0.6) is 0 Å². The number of aliphatic carboxylic acids is 1. The van der Waals surface area contributed by atoms with Gasteiger partial charge < -0.3 is 41.7 Å². The number of benzene rings is 1. The first-order valence-electron chi connectivity index (χ1n) is 12.6. The molecule has 0 aliphatic rings. The summed E-state index contributed by atoms with van der Waals surface area (Å²) in [6.45, 7) is 1.49. The van der Waals surface area contributed by atoms with Gasteiger partial charge in [-0.15, -0.1) is 0 Å². The molecular weight excluding hydrogens is 518 g/mol. The van der Waals surface area contributed by atoms with Gasteiger partial charge in [-0.05, 0) is 18.6 Å². The van der Waals surface area contributed by atoms with Gasteiger partial charge in [-0.3, -0.25) is 14.4 Å². The number of carbonyl (C=O) groups excluding carboxylic acids is 3. The molecule has 0 radical (unpaired) electrons. The average Bonchev–Trinajstić information content (AvgIpc) is 3.70. The molecule has 210 valence electrons. The summed E-state index contributed by atoms with van der Waals surface area (Å²) >= 11 is 0. The minimum Gasteiger partial charge on any atom is -0.480 e. The third-order valence-electron chi connectivity index (χ3n) is 6.35. The summed E-state index contributed by atoms with van der Waals surface area (Å²) in [4.78, 5) is 68.0. The van der Waals surface area contributed by atoms with E-state index < -0.39 is 47.9 Å². The first-order chi connectivity index (χ1) is 19.2. The van der Waals surface area contributed by atoms with E-state index in [1.807, 2.05) is 24.3 Å². The summed E-state index contributed by atoms with van der Waals surface area (Å²) in [6, 6.07) is 3.05. The van der Waals surface area contributed by atoms with Crippen molar-refractivity contribution in [3.05, 3.63) is 72.5 Å². The number of amides is 3. The second kappa shape index (κ2) is 12.7. The molecule has 14 nitrogen and oxygen atoms in total. The van der Waals surface area contributed by atoms with Crippen LogP contribution in [0, 0.1) is 0 Å². The summed E-state index contributed by atoms with van der Waals surface area (Å²) < 4.78 is 0. The average molecular weight is 550 g/mol. The van der Waals surface area contributed by atoms with Gasteiger partial charge in [-0.25, -0.2) is 14.8 Å². The standard InChI is InChI=1S/C26H31N9O5/c1-14(27)23(36)33-21(7-16-10-28-12-31-16)25(38)34-20(6-15-9-30-19-5-3-2-4-18(15)19)24(37)35-22(26(39)40)8-17-11-29-13-32-17/h2-5,9-14,20-22,30H,6-8,27H2,1H3,(H,28,31)(H,29,32)(H,33,36)(H,34,38)(H,35,37)(H,39,40). The Labute approximate surface area is 228 Å². The number of para-hydroxylation sites is 1. The Morgan fingerprint density at radius 2 is 1.38 bits per heavy atom. The highest BCUT2D eigenvalue weighted by atomic mass is 16.4. The van der Waals surface area contributed by atoms with Crippen LogP contribution in [0.25, 0.3) is 10.9 Å². The zero-order chi connectivity index (χ0) is 28.6. The molecule has 4 unspecified atom stereocenters. The molecule has 3 aromatic heterocycles. The molecule has 0 aliphatic heterocycles. The number of rotatable bonds is 13. The molecule has 4 rings (SSSR count). The summed E-state index contributed by atoms with van der Waals surface area (Å²) in [6.07, 6.45) is 7.64. The lowest BCUT2D eigenvalue weighted by Crippen LogP contribution is -2.58. The number of aromatic amines is 3. The fraction of sp³-hybridized carbons (Fsp3) is 0.308. The molecule has 0 aliphatic carbocycles. The fourth-order valence-corrected chi connectivity index (χ4v) is 4.22. The van der Waals surface area contributed by atoms with Crippen molar-refractivity contribution in [1.82, 2.24) is 40.9 Å². The molecule has 0 saturated heterocycles. The first kappa shape index (κ1) is 28.0. The van der Waals surface area contributed by atoms with Crippen LogP contribution < -0.4 is 21.7 Å². The molecule has 4 atom stereocenters. The normalized spacial score (nSPS) is 14.2. The number of hydrogen-bond acceptors (Lipinski definition) is 7. The summed E-state index contributed by atoms with van der Waals surface area (Å²) in [5, 5.41) is 18.5. The number of carbonyl (C=O) groups is 4. The van der Waals surface area contributed by atoms with E-state index in [9.17, 15) is 24.3 Å². The Kier molecular flexibility index (Phi) is 8.91. The van der Waals surface area contributed by atoms with Crippen molar-refractivity contribution >= 4 is 34.6 Å². The van der Waals surface area contributed by atoms with Crippen molar-refractivity contribution in [2.24, 2.45) is 5.73 Å². The van der Waals surface area contributed by atoms with E-state index in [4.69, 9.17) is 5.73 Å². The molecule has 0 fully saturated rings. The van der Waals surface area contributed by atoms with Gasteiger partial charge in [0.1, 0.15) is 18.1 Å². The molecule has 0 spiro atoms. The van der Waals surface area contributed by atoms with Crippen LogP contribution in [0.3, 0.4) is 0 Å². The van der Waals surface area contributed by atoms with Crippen LogP contribution in [0.4, 0.5) is 0 Å². The molecule has 14 heteroatoms. The molecule has 0 saturated carbocycles. The summed E-state index contributed by atoms with van der Waals surface area (Å²) in [7, 11) is 0. The van der Waals surface area contributed by atoms with Crippen molar-refractivity contribution in [3.8, 4) is 0 Å². The number of hydrogen-bond donors (Lipinski definition) is 8. The number of nitrogens with one attached hydrogen (secondary N) is 6. The van der Waals surface area contributed by atoms with Crippen LogP contribution in [0.15, 0.2) is 55.5 Å². The molecule has 1 aromatic carbocycles. The van der Waals surface area contributed by atoms with Gasteiger partial charge in [0.2, 0.25) is 17.7 Å². The van der Waals surface area contributed by atoms with Gasteiger partial charge in [0, 0.05) is 60.1 Å². The molecule has 9 N–H and O–H groups in total. The number of carboxylic acid groups (broad SMARTS) is 1. The summed E-state index contributed by atoms with van der Waals surface area (Å²) in [5.41, 5.74) is 8.37. The van der Waals surface area contributed by atoms with E-state index in [1.165, 1.54) is 32.0 Å². The number of fused-ring (bicyclic) bond motifs is 1. The van der Waals surface area contributed by atoms with E-state index in [0.717, 1.165) is 16.5 Å². The molecule has 3 amide bonds. The van der Waals surface area contributed by atoms with E-state index in [1.54, 1.807) is 6.20 Å². The number of nitrogens with zero attached hydrogens (tertiary/aromatic N) is 2. The fourth-order valence-electron chi connectivity index (χ4n) is 4.22. The predicted molar refractivity (Wildman–Crippen MR) is 144 cm³/mol. The Balaban J connectivity index is 1.59. The molecule has 3 heterocycles. The van der Waals surface area contributed by atoms with Crippen molar-refractivity contribution in [1.29, 1.82) is 0 Å². The third kappa shape index (κ3) is 7.11. The SMILES string of the molecule is CC(N)C(=O)NC(Cc1cnc[nH]1)C(=O)NC(Cc1c[nH]c2ccccc12)C(=O)NC(Cc1cnc[nH]1)C(=O)O. The van der Waals surface area contributed by atoms with Crippen molar-refractivity contribution in [2.45, 2.75) is 50.4 Å². The molecule has 0 bridgehead atoms. The van der Waals surface area contributed by atoms with E-state index in [-0.39, 0.29) is 19.3 Å². The largest absolute Gasteiger partial charge is 0.480 e. The van der Waals surface area contributed by atoms with Gasteiger partial charge in [0.05, 0.1) is 18.7 Å². The maximum Gasteiger partial charge on any atom is 0.326 e. The van der Waals surface area contributed by atoms with Crippen molar-refractivity contribution in [2.75, 3.05) is 0 Å². The number of imidazole rings is 2. The van der Waals surface area contributed by atoms with Crippen molar-refractivity contribution < 1.29 is 24.3 Å². The van der Waals surface area contributed by atoms with Crippen LogP contribution in [-0.4, -0.2) is 77.9 Å². The zero-order valence-electron chi connectivity index (χ0n) is 21.7. The monoisotopic (exact) mass is 549 g/mol. The lowest BCUT2D eigenvalue weighted by atomic mass is 10.0. The quantitative estimate of drug-likeness (QED) is 0.109. The topological polar surface area (TPSA) is 224 Å². The predicted octanol–water partition coefficient (Wildman–Crippen LogP) is -0.472. The number of H-pyrrole nitrogens is 3. The second-order valence-corrected chi connectivity index (χ2v) is 9.44. The van der Waals surface area contributed by atoms with Crippen LogP contribution in [-0.2, 0) is 38.4 Å². The number of aromatic nitrogens is 5. The Hall–Kier alpha value is -4.98. The van der Waals surface area contributed by atoms with E-state index >= 15 is 0 Å². The minimum atomic E-state index is -1.28. The lowest BCUT2D eigenvalue weighted by Gasteiger charge is -2.25. The highest BCUT2D eigenvalue weighted by Gasteiger charge is 2.31. The van der Waals surface area contributed by atoms with E-state index in [0.29, 0.717) is 11.4 Å². The van der Waals surface area contributed by atoms with E-state index in [2.05, 4.69) is 40.9 Å². The minimum absolute atomic E-state index is 0.0400. The van der Waals surface area contributed by atoms with Crippen LogP contribution in [0.1, 0.15) is 23.9 Å². The Morgan fingerprint density at radius 3 is 1.95 bits per heavy atom. The van der Waals surface area contributed by atoms with Gasteiger partial charge in [-0.2, -0.15) is 0 Å². The maximum atomic E-state index is 13.5. The van der Waals surface area contributed by atoms with Gasteiger partial charge >= 0.3 is 5.97 Å². The maximum absolute atomic E-state index is 13.5. The van der Waals surface area contributed by atoms with Crippen LogP contribution in [0.2, 0.25) is 0 Å². The zero-order valence-corrected chi connectivity index (χ0v) is 21.7. The number of carboxylic acids is 1. The molecule has 4 aromatic rings. The van der Waals surface area contributed by atoms with Gasteiger partial charge in [0.25, 0.3) is 0 Å². The Morgan fingerprint density at radius 1 is 0.825 bits per heavy atom. The third-order valence-corrected chi connectivity index (χ3v) is 6.35.